The van der Waals surface area contributed by atoms with Crippen LogP contribution in [0.5, 0.6) is 0 Å². The summed E-state index contributed by atoms with van der Waals surface area (Å²) in [4.78, 5) is 0.278. The number of hydrogen-bond donors (Lipinski definition) is 2. The fourth-order valence-electron chi connectivity index (χ4n) is 2.11. The molecule has 0 unspecified atom stereocenters. The maximum absolute atomic E-state index is 12.2. The van der Waals surface area contributed by atoms with E-state index < -0.39 is 10.0 Å². The SMILES string of the molecule is CCNS(=O)(=O)c1ccccc1NCc1ccccc1C. The molecule has 0 aliphatic heterocycles. The van der Waals surface area contributed by atoms with Crippen molar-refractivity contribution in [2.24, 2.45) is 0 Å². The minimum Gasteiger partial charge on any atom is -0.380 e. The fourth-order valence-corrected chi connectivity index (χ4v) is 3.34. The number of rotatable bonds is 6. The normalized spacial score (nSPS) is 11.3. The lowest BCUT2D eigenvalue weighted by molar-refractivity contribution is 0.584. The molecule has 0 aromatic heterocycles. The van der Waals surface area contributed by atoms with Crippen LogP contribution in [-0.2, 0) is 16.6 Å². The van der Waals surface area contributed by atoms with E-state index in [-0.39, 0.29) is 4.90 Å². The van der Waals surface area contributed by atoms with Crippen molar-refractivity contribution in [1.82, 2.24) is 4.72 Å². The van der Waals surface area contributed by atoms with Crippen LogP contribution in [0.3, 0.4) is 0 Å². The highest BCUT2D eigenvalue weighted by atomic mass is 32.2. The molecular weight excluding hydrogens is 284 g/mol. The molecule has 0 aliphatic carbocycles. The Balaban J connectivity index is 2.24. The van der Waals surface area contributed by atoms with Gasteiger partial charge in [0.05, 0.1) is 5.69 Å². The Morgan fingerprint density at radius 3 is 2.38 bits per heavy atom. The van der Waals surface area contributed by atoms with Crippen molar-refractivity contribution in [2.75, 3.05) is 11.9 Å². The third-order valence-electron chi connectivity index (χ3n) is 3.24. The summed E-state index contributed by atoms with van der Waals surface area (Å²) >= 11 is 0. The fraction of sp³-hybridized carbons (Fsp3) is 0.250. The Labute approximate surface area is 126 Å². The van der Waals surface area contributed by atoms with E-state index in [0.29, 0.717) is 18.8 Å². The van der Waals surface area contributed by atoms with E-state index in [9.17, 15) is 8.42 Å². The lowest BCUT2D eigenvalue weighted by Gasteiger charge is -2.13. The van der Waals surface area contributed by atoms with Gasteiger partial charge >= 0.3 is 0 Å². The molecule has 0 bridgehead atoms. The molecule has 0 heterocycles. The molecule has 2 N–H and O–H groups in total. The minimum absolute atomic E-state index is 0.278. The number of nitrogens with one attached hydrogen (secondary N) is 2. The highest BCUT2D eigenvalue weighted by molar-refractivity contribution is 7.89. The van der Waals surface area contributed by atoms with Crippen molar-refractivity contribution < 1.29 is 8.42 Å². The summed E-state index contributed by atoms with van der Waals surface area (Å²) in [5.41, 5.74) is 2.94. The Morgan fingerprint density at radius 1 is 1.00 bits per heavy atom. The molecule has 2 aromatic carbocycles. The summed E-state index contributed by atoms with van der Waals surface area (Å²) in [6.07, 6.45) is 0. The number of benzene rings is 2. The second kappa shape index (κ2) is 6.74. The van der Waals surface area contributed by atoms with Gasteiger partial charge in [-0.25, -0.2) is 13.1 Å². The van der Waals surface area contributed by atoms with E-state index in [4.69, 9.17) is 0 Å². The summed E-state index contributed by atoms with van der Waals surface area (Å²) < 4.78 is 26.9. The van der Waals surface area contributed by atoms with Crippen molar-refractivity contribution in [3.63, 3.8) is 0 Å². The second-order valence-electron chi connectivity index (χ2n) is 4.78. The van der Waals surface area contributed by atoms with Crippen LogP contribution in [-0.4, -0.2) is 15.0 Å². The van der Waals surface area contributed by atoms with Gasteiger partial charge in [0.15, 0.2) is 0 Å². The molecule has 0 saturated carbocycles. The molecule has 0 radical (unpaired) electrons. The van der Waals surface area contributed by atoms with E-state index in [0.717, 1.165) is 5.56 Å². The van der Waals surface area contributed by atoms with E-state index in [1.54, 1.807) is 25.1 Å². The van der Waals surface area contributed by atoms with Gasteiger partial charge in [-0.3, -0.25) is 0 Å². The quantitative estimate of drug-likeness (QED) is 0.862. The number of hydrogen-bond acceptors (Lipinski definition) is 3. The minimum atomic E-state index is -3.47. The number of sulfonamides is 1. The lowest BCUT2D eigenvalue weighted by Crippen LogP contribution is -2.24. The van der Waals surface area contributed by atoms with Gasteiger partial charge in [0.1, 0.15) is 4.90 Å². The molecule has 0 atom stereocenters. The predicted octanol–water partition coefficient (Wildman–Crippen LogP) is 2.91. The Morgan fingerprint density at radius 2 is 1.67 bits per heavy atom. The van der Waals surface area contributed by atoms with Crippen molar-refractivity contribution in [3.05, 3.63) is 59.7 Å². The molecule has 2 aromatic rings. The Kier molecular flexibility index (Phi) is 4.98. The molecule has 0 amide bonds. The van der Waals surface area contributed by atoms with Gasteiger partial charge in [-0.05, 0) is 30.2 Å². The highest BCUT2D eigenvalue weighted by Crippen LogP contribution is 2.21. The zero-order chi connectivity index (χ0) is 15.3. The second-order valence-corrected chi connectivity index (χ2v) is 6.51. The van der Waals surface area contributed by atoms with Crippen LogP contribution in [0.15, 0.2) is 53.4 Å². The molecule has 0 spiro atoms. The van der Waals surface area contributed by atoms with Gasteiger partial charge in [0.25, 0.3) is 0 Å². The summed E-state index contributed by atoms with van der Waals surface area (Å²) in [7, 11) is -3.47. The molecule has 21 heavy (non-hydrogen) atoms. The van der Waals surface area contributed by atoms with Crippen LogP contribution in [0, 0.1) is 6.92 Å². The van der Waals surface area contributed by atoms with E-state index in [2.05, 4.69) is 10.0 Å². The monoisotopic (exact) mass is 304 g/mol. The average Bonchev–Trinajstić information content (AvgIpc) is 2.47. The summed E-state index contributed by atoms with van der Waals surface area (Å²) in [5, 5.41) is 3.22. The first-order valence-electron chi connectivity index (χ1n) is 6.91. The first-order chi connectivity index (χ1) is 10.0. The molecule has 4 nitrogen and oxygen atoms in total. The number of aryl methyl sites for hydroxylation is 1. The molecule has 112 valence electrons. The molecule has 0 aliphatic rings. The maximum atomic E-state index is 12.2. The van der Waals surface area contributed by atoms with Crippen LogP contribution >= 0.6 is 0 Å². The first-order valence-corrected chi connectivity index (χ1v) is 8.40. The van der Waals surface area contributed by atoms with E-state index >= 15 is 0 Å². The zero-order valence-electron chi connectivity index (χ0n) is 12.3. The summed E-state index contributed by atoms with van der Waals surface area (Å²) in [6, 6.07) is 15.0. The van der Waals surface area contributed by atoms with Crippen LogP contribution < -0.4 is 10.0 Å². The molecular formula is C16H20N2O2S. The topological polar surface area (TPSA) is 58.2 Å². The van der Waals surface area contributed by atoms with Gasteiger partial charge in [-0.15, -0.1) is 0 Å². The third-order valence-corrected chi connectivity index (χ3v) is 4.85. The van der Waals surface area contributed by atoms with Crippen LogP contribution in [0.1, 0.15) is 18.1 Å². The van der Waals surface area contributed by atoms with Crippen molar-refractivity contribution in [1.29, 1.82) is 0 Å². The third kappa shape index (κ3) is 3.83. The van der Waals surface area contributed by atoms with Crippen molar-refractivity contribution >= 4 is 15.7 Å². The molecule has 5 heteroatoms. The zero-order valence-corrected chi connectivity index (χ0v) is 13.1. The van der Waals surface area contributed by atoms with Crippen molar-refractivity contribution in [2.45, 2.75) is 25.3 Å². The summed E-state index contributed by atoms with van der Waals surface area (Å²) in [6.45, 7) is 4.76. The maximum Gasteiger partial charge on any atom is 0.242 e. The van der Waals surface area contributed by atoms with Gasteiger partial charge in [-0.2, -0.15) is 0 Å². The number of para-hydroxylation sites is 1. The molecule has 0 saturated heterocycles. The Hall–Kier alpha value is -1.85. The van der Waals surface area contributed by atoms with E-state index in [1.807, 2.05) is 37.3 Å². The average molecular weight is 304 g/mol. The molecule has 2 rings (SSSR count). The Bertz CT molecular complexity index is 712. The van der Waals surface area contributed by atoms with Gasteiger partial charge in [-0.1, -0.05) is 43.3 Å². The van der Waals surface area contributed by atoms with Gasteiger partial charge in [0.2, 0.25) is 10.0 Å². The van der Waals surface area contributed by atoms with Crippen molar-refractivity contribution in [3.8, 4) is 0 Å². The lowest BCUT2D eigenvalue weighted by atomic mass is 10.1. The van der Waals surface area contributed by atoms with E-state index in [1.165, 1.54) is 5.56 Å². The van der Waals surface area contributed by atoms with Crippen LogP contribution in [0.2, 0.25) is 0 Å². The van der Waals surface area contributed by atoms with Crippen LogP contribution in [0.25, 0.3) is 0 Å². The standard InChI is InChI=1S/C16H20N2O2S/c1-3-18-21(19,20)16-11-7-6-10-15(16)17-12-14-9-5-4-8-13(14)2/h4-11,17-18H,3,12H2,1-2H3. The number of anilines is 1. The first kappa shape index (κ1) is 15.5. The smallest absolute Gasteiger partial charge is 0.242 e. The van der Waals surface area contributed by atoms with Crippen LogP contribution in [0.4, 0.5) is 5.69 Å². The molecule has 0 fully saturated rings. The summed E-state index contributed by atoms with van der Waals surface area (Å²) in [5.74, 6) is 0. The van der Waals surface area contributed by atoms with Gasteiger partial charge in [0, 0.05) is 13.1 Å². The predicted molar refractivity (Wildman–Crippen MR) is 85.8 cm³/mol. The largest absolute Gasteiger partial charge is 0.380 e. The van der Waals surface area contributed by atoms with Gasteiger partial charge < -0.3 is 5.32 Å². The highest BCUT2D eigenvalue weighted by Gasteiger charge is 2.16.